The van der Waals surface area contributed by atoms with Gasteiger partial charge in [0, 0.05) is 0 Å². The van der Waals surface area contributed by atoms with Crippen LogP contribution < -0.4 is 0 Å². The molecule has 0 radical (unpaired) electrons. The first-order chi connectivity index (χ1) is 4.61. The molecule has 1 aromatic heterocycles. The molecule has 54 valence electrons. The average Bonchev–Trinajstić information content (AvgIpc) is 1.88. The van der Waals surface area contributed by atoms with E-state index in [9.17, 15) is 13.0 Å². The van der Waals surface area contributed by atoms with Crippen LogP contribution in [-0.4, -0.2) is 13.0 Å². The first-order valence-electron chi connectivity index (χ1n) is 2.42. The van der Waals surface area contributed by atoms with Crippen LogP contribution in [0, 0.1) is 0 Å². The molecule has 0 amide bonds. The van der Waals surface area contributed by atoms with E-state index in [1.165, 1.54) is 28.8 Å². The summed E-state index contributed by atoms with van der Waals surface area (Å²) in [4.78, 5) is -0.167. The van der Waals surface area contributed by atoms with Crippen molar-refractivity contribution in [1.82, 2.24) is 0 Å². The summed E-state index contributed by atoms with van der Waals surface area (Å²) in [6, 6.07) is 2.80. The van der Waals surface area contributed by atoms with Crippen LogP contribution >= 0.6 is 11.3 Å². The van der Waals surface area contributed by atoms with Crippen LogP contribution in [0.1, 0.15) is 0 Å². The highest BCUT2D eigenvalue weighted by Crippen LogP contribution is 2.08. The zero-order chi connectivity index (χ0) is 7.61. The van der Waals surface area contributed by atoms with E-state index in [0.717, 1.165) is 0 Å². The fourth-order valence-corrected chi connectivity index (χ4v) is 1.81. The van der Waals surface area contributed by atoms with Crippen molar-refractivity contribution >= 4 is 21.5 Å². The van der Waals surface area contributed by atoms with Crippen LogP contribution in [0.5, 0.6) is 0 Å². The molecular formula is C5H4O3S2. The van der Waals surface area contributed by atoms with Gasteiger partial charge in [-0.05, 0) is 12.1 Å². The first kappa shape index (κ1) is 7.59. The van der Waals surface area contributed by atoms with Crippen LogP contribution in [0.3, 0.4) is 0 Å². The summed E-state index contributed by atoms with van der Waals surface area (Å²) in [5.74, 6) is 0. The maximum absolute atomic E-state index is 10.3. The van der Waals surface area contributed by atoms with Crippen molar-refractivity contribution < 1.29 is 13.0 Å². The Balaban J connectivity index is 3.22. The minimum atomic E-state index is -4.24. The fraction of sp³-hybridized carbons (Fsp3) is 0. The second-order valence-corrected chi connectivity index (χ2v) is 3.77. The second kappa shape index (κ2) is 2.61. The third-order valence-corrected chi connectivity index (χ3v) is 2.58. The molecule has 0 saturated carbocycles. The van der Waals surface area contributed by atoms with Crippen molar-refractivity contribution in [3.63, 3.8) is 0 Å². The molecular weight excluding hydrogens is 172 g/mol. The molecule has 10 heavy (non-hydrogen) atoms. The molecule has 0 aliphatic carbocycles. The van der Waals surface area contributed by atoms with Gasteiger partial charge in [0.25, 0.3) is 0 Å². The van der Waals surface area contributed by atoms with E-state index in [0.29, 0.717) is 0 Å². The Kier molecular flexibility index (Phi) is 1.98. The molecule has 5 heteroatoms. The van der Waals surface area contributed by atoms with Crippen molar-refractivity contribution in [2.45, 2.75) is 4.90 Å². The van der Waals surface area contributed by atoms with Crippen molar-refractivity contribution in [1.29, 1.82) is 0 Å². The van der Waals surface area contributed by atoms with Crippen molar-refractivity contribution in [3.05, 3.63) is 22.9 Å². The molecule has 1 aromatic rings. The van der Waals surface area contributed by atoms with Gasteiger partial charge in [0.2, 0.25) is 16.7 Å². The summed E-state index contributed by atoms with van der Waals surface area (Å²) in [7, 11) is -4.24. The van der Waals surface area contributed by atoms with Crippen LogP contribution in [0.25, 0.3) is 0 Å². The summed E-state index contributed by atoms with van der Waals surface area (Å²) in [5.41, 5.74) is 0. The molecule has 0 aliphatic rings. The lowest BCUT2D eigenvalue weighted by atomic mass is 10.6. The molecule has 1 heterocycles. The van der Waals surface area contributed by atoms with Gasteiger partial charge < -0.3 is 4.55 Å². The summed E-state index contributed by atoms with van der Waals surface area (Å²) < 4.78 is 30.9. The Hall–Kier alpha value is -0.520. The SMILES string of the molecule is O=S(=O)([O-])c1ccc[s+]c1. The Morgan fingerprint density at radius 3 is 2.50 bits per heavy atom. The molecule has 0 bridgehead atoms. The first-order valence-corrected chi connectivity index (χ1v) is 4.77. The summed E-state index contributed by atoms with van der Waals surface area (Å²) >= 11 is 1.18. The van der Waals surface area contributed by atoms with E-state index in [-0.39, 0.29) is 4.90 Å². The number of rotatable bonds is 1. The Morgan fingerprint density at radius 2 is 2.20 bits per heavy atom. The summed E-state index contributed by atoms with van der Waals surface area (Å²) in [6.07, 6.45) is 0. The third-order valence-electron chi connectivity index (χ3n) is 0.890. The normalized spacial score (nSPS) is 11.3. The van der Waals surface area contributed by atoms with Gasteiger partial charge in [0.05, 0.1) is 0 Å². The molecule has 0 aliphatic heterocycles. The minimum absolute atomic E-state index is 0.167. The van der Waals surface area contributed by atoms with E-state index in [1.807, 2.05) is 0 Å². The van der Waals surface area contributed by atoms with Gasteiger partial charge in [0.15, 0.2) is 5.38 Å². The Morgan fingerprint density at radius 1 is 1.50 bits per heavy atom. The van der Waals surface area contributed by atoms with Crippen LogP contribution in [0.2, 0.25) is 0 Å². The highest BCUT2D eigenvalue weighted by atomic mass is 32.2. The zero-order valence-electron chi connectivity index (χ0n) is 4.85. The van der Waals surface area contributed by atoms with Gasteiger partial charge in [0.1, 0.15) is 15.0 Å². The van der Waals surface area contributed by atoms with Gasteiger partial charge in [-0.1, -0.05) is 0 Å². The summed E-state index contributed by atoms with van der Waals surface area (Å²) in [5, 5.41) is 3.00. The summed E-state index contributed by atoms with van der Waals surface area (Å²) in [6.45, 7) is 0. The lowest BCUT2D eigenvalue weighted by Crippen LogP contribution is -1.96. The van der Waals surface area contributed by atoms with Crippen molar-refractivity contribution in [2.24, 2.45) is 0 Å². The maximum Gasteiger partial charge on any atom is 0.213 e. The minimum Gasteiger partial charge on any atom is -0.744 e. The lowest BCUT2D eigenvalue weighted by molar-refractivity contribution is 0.463. The molecule has 0 saturated heterocycles. The molecule has 0 N–H and O–H groups in total. The van der Waals surface area contributed by atoms with Crippen molar-refractivity contribution in [2.75, 3.05) is 0 Å². The predicted octanol–water partition coefficient (Wildman–Crippen LogP) is 0.933. The van der Waals surface area contributed by atoms with E-state index in [4.69, 9.17) is 0 Å². The van der Waals surface area contributed by atoms with Crippen LogP contribution in [-0.2, 0) is 10.1 Å². The number of hydrogen-bond donors (Lipinski definition) is 0. The lowest BCUT2D eigenvalue weighted by Gasteiger charge is -2.00. The van der Waals surface area contributed by atoms with E-state index in [2.05, 4.69) is 0 Å². The van der Waals surface area contributed by atoms with Gasteiger partial charge in [-0.15, -0.1) is 0 Å². The van der Waals surface area contributed by atoms with E-state index in [1.54, 1.807) is 5.38 Å². The predicted molar refractivity (Wildman–Crippen MR) is 36.7 cm³/mol. The fourth-order valence-electron chi connectivity index (χ4n) is 0.467. The van der Waals surface area contributed by atoms with Gasteiger partial charge in [-0.25, -0.2) is 8.42 Å². The van der Waals surface area contributed by atoms with E-state index < -0.39 is 10.1 Å². The maximum atomic E-state index is 10.3. The molecule has 1 rings (SSSR count). The molecule has 0 aromatic carbocycles. The van der Waals surface area contributed by atoms with Gasteiger partial charge in [-0.3, -0.25) is 0 Å². The highest BCUT2D eigenvalue weighted by Gasteiger charge is 2.03. The van der Waals surface area contributed by atoms with Crippen LogP contribution in [0.4, 0.5) is 0 Å². The quantitative estimate of drug-likeness (QED) is 0.472. The molecule has 0 fully saturated rings. The Bertz CT molecular complexity index is 303. The average molecular weight is 176 g/mol. The zero-order valence-corrected chi connectivity index (χ0v) is 6.48. The third kappa shape index (κ3) is 1.73. The standard InChI is InChI=1S/C5H4O3S2/c6-10(7,8)5-2-1-3-9-4-5/h1-4H. The van der Waals surface area contributed by atoms with E-state index >= 15 is 0 Å². The second-order valence-electron chi connectivity index (χ2n) is 1.61. The molecule has 0 atom stereocenters. The number of hydrogen-bond acceptors (Lipinski definition) is 3. The molecule has 0 unspecified atom stereocenters. The molecule has 0 spiro atoms. The van der Waals surface area contributed by atoms with Gasteiger partial charge >= 0.3 is 0 Å². The smallest absolute Gasteiger partial charge is 0.213 e. The van der Waals surface area contributed by atoms with Crippen molar-refractivity contribution in [3.8, 4) is 0 Å². The Labute approximate surface area is 62.7 Å². The monoisotopic (exact) mass is 176 g/mol. The molecule has 3 nitrogen and oxygen atoms in total. The largest absolute Gasteiger partial charge is 0.744 e. The topological polar surface area (TPSA) is 57.2 Å². The van der Waals surface area contributed by atoms with Gasteiger partial charge in [-0.2, -0.15) is 0 Å². The van der Waals surface area contributed by atoms with Crippen LogP contribution in [0.15, 0.2) is 27.8 Å². The highest BCUT2D eigenvalue weighted by molar-refractivity contribution is 7.85.